The first-order chi connectivity index (χ1) is 25.5. The second-order valence-electron chi connectivity index (χ2n) is 16.4. The fourth-order valence-electron chi connectivity index (χ4n) is 8.35. The van der Waals surface area contributed by atoms with E-state index in [9.17, 15) is 4.79 Å². The lowest BCUT2D eigenvalue weighted by Gasteiger charge is -2.39. The van der Waals surface area contributed by atoms with Gasteiger partial charge in [-0.1, -0.05) is 202 Å². The number of ether oxygens (including phenoxy) is 2. The Morgan fingerprint density at radius 3 is 1.46 bits per heavy atom. The van der Waals surface area contributed by atoms with Crippen molar-refractivity contribution in [2.75, 3.05) is 26.5 Å². The van der Waals surface area contributed by atoms with Crippen LogP contribution >= 0.6 is 0 Å². The molecule has 1 saturated heterocycles. The number of nitrogens with zero attached hydrogens (tertiary/aromatic N) is 1. The molecule has 0 spiro atoms. The van der Waals surface area contributed by atoms with Crippen LogP contribution in [0.2, 0.25) is 0 Å². The molecule has 312 valence electrons. The highest BCUT2D eigenvalue weighted by Gasteiger charge is 2.38. The minimum Gasteiger partial charge on any atom is -0.466 e. The molecule has 1 unspecified atom stereocenters. The van der Waals surface area contributed by atoms with Crippen molar-refractivity contribution in [3.05, 3.63) is 0 Å². The Hall–Kier alpha value is -0.650. The summed E-state index contributed by atoms with van der Waals surface area (Å²) >= 11 is 0. The van der Waals surface area contributed by atoms with E-state index in [4.69, 9.17) is 14.6 Å². The minimum atomic E-state index is -0.115. The highest BCUT2D eigenvalue weighted by atomic mass is 16.6. The Balaban J connectivity index is 0.00000112. The molecule has 0 aromatic heterocycles. The van der Waals surface area contributed by atoms with E-state index in [2.05, 4.69) is 39.5 Å². The van der Waals surface area contributed by atoms with Crippen LogP contribution in [-0.4, -0.2) is 54.1 Å². The van der Waals surface area contributed by atoms with Crippen molar-refractivity contribution < 1.29 is 19.4 Å². The normalized spacial score (nSPS) is 16.1. The van der Waals surface area contributed by atoms with Crippen LogP contribution in [-0.2, 0) is 14.3 Å². The smallest absolute Gasteiger partial charge is 0.305 e. The van der Waals surface area contributed by atoms with E-state index in [1.807, 2.05) is 0 Å². The summed E-state index contributed by atoms with van der Waals surface area (Å²) < 4.78 is 10.9. The van der Waals surface area contributed by atoms with Crippen LogP contribution in [0.25, 0.3) is 0 Å². The van der Waals surface area contributed by atoms with Crippen LogP contribution in [0.3, 0.4) is 0 Å². The monoisotopic (exact) mass is 738 g/mol. The third kappa shape index (κ3) is 30.7. The summed E-state index contributed by atoms with van der Waals surface area (Å²) in [7, 11) is 0. The molecular formula is C47H95NO4. The number of aliphatic hydroxyl groups excluding tert-OH is 1. The molecule has 5 nitrogen and oxygen atoms in total. The van der Waals surface area contributed by atoms with Crippen molar-refractivity contribution in [1.29, 1.82) is 0 Å². The van der Waals surface area contributed by atoms with Gasteiger partial charge in [-0.05, 0) is 64.5 Å². The summed E-state index contributed by atoms with van der Waals surface area (Å²) in [6.07, 6.45) is 45.2. The van der Waals surface area contributed by atoms with Gasteiger partial charge in [-0.15, -0.1) is 0 Å². The molecule has 0 radical (unpaired) electrons. The molecule has 1 rings (SSSR count). The lowest BCUT2D eigenvalue weighted by molar-refractivity contribution is -0.143. The molecule has 0 amide bonds. The molecule has 5 heteroatoms. The quantitative estimate of drug-likeness (QED) is 0.0388. The van der Waals surface area contributed by atoms with Crippen molar-refractivity contribution in [3.8, 4) is 0 Å². The van der Waals surface area contributed by atoms with E-state index in [1.54, 1.807) is 0 Å². The SMILES string of the molecule is CCCCCCCCC(CCCCCCCC)OCO.CCCCCCCCCCCOC(=O)CCCCC1(CCCCCCC)CCCN1CC. The molecule has 1 atom stereocenters. The maximum absolute atomic E-state index is 12.1. The van der Waals surface area contributed by atoms with Crippen LogP contribution in [0.15, 0.2) is 0 Å². The Morgan fingerprint density at radius 1 is 0.577 bits per heavy atom. The van der Waals surface area contributed by atoms with E-state index in [0.717, 1.165) is 25.7 Å². The molecule has 0 aromatic rings. The first-order valence-electron chi connectivity index (χ1n) is 23.7. The summed E-state index contributed by atoms with van der Waals surface area (Å²) in [4.78, 5) is 14.9. The van der Waals surface area contributed by atoms with Crippen LogP contribution in [0.4, 0.5) is 0 Å². The van der Waals surface area contributed by atoms with E-state index >= 15 is 0 Å². The largest absolute Gasteiger partial charge is 0.466 e. The van der Waals surface area contributed by atoms with Crippen molar-refractivity contribution in [1.82, 2.24) is 4.90 Å². The van der Waals surface area contributed by atoms with Gasteiger partial charge in [-0.25, -0.2) is 0 Å². The minimum absolute atomic E-state index is 0.0250. The Kier molecular flexibility index (Phi) is 39.5. The number of carbonyl (C=O) groups is 1. The summed E-state index contributed by atoms with van der Waals surface area (Å²) in [5.74, 6) is 0.0250. The van der Waals surface area contributed by atoms with E-state index < -0.39 is 0 Å². The van der Waals surface area contributed by atoms with Crippen molar-refractivity contribution in [3.63, 3.8) is 0 Å². The van der Waals surface area contributed by atoms with Gasteiger partial charge in [0.25, 0.3) is 0 Å². The summed E-state index contributed by atoms with van der Waals surface area (Å²) in [5.41, 5.74) is 0.418. The van der Waals surface area contributed by atoms with Gasteiger partial charge in [0.05, 0.1) is 12.7 Å². The highest BCUT2D eigenvalue weighted by molar-refractivity contribution is 5.69. The van der Waals surface area contributed by atoms with Crippen molar-refractivity contribution in [2.24, 2.45) is 0 Å². The molecular weight excluding hydrogens is 643 g/mol. The Bertz CT molecular complexity index is 702. The molecule has 1 fully saturated rings. The number of aliphatic hydroxyl groups is 1. The highest BCUT2D eigenvalue weighted by Crippen LogP contribution is 2.38. The zero-order valence-corrected chi connectivity index (χ0v) is 36.3. The second kappa shape index (κ2) is 40.0. The Morgan fingerprint density at radius 2 is 1.00 bits per heavy atom. The molecule has 52 heavy (non-hydrogen) atoms. The summed E-state index contributed by atoms with van der Waals surface area (Å²) in [6.45, 7) is 14.3. The third-order valence-corrected chi connectivity index (χ3v) is 11.7. The van der Waals surface area contributed by atoms with Crippen LogP contribution < -0.4 is 0 Å². The molecule has 1 heterocycles. The predicted octanol–water partition coefficient (Wildman–Crippen LogP) is 14.7. The molecule has 0 aromatic carbocycles. The molecule has 1 aliphatic rings. The summed E-state index contributed by atoms with van der Waals surface area (Å²) in [5, 5.41) is 8.96. The number of hydrogen-bond acceptors (Lipinski definition) is 5. The zero-order chi connectivity index (χ0) is 38.2. The van der Waals surface area contributed by atoms with Gasteiger partial charge < -0.3 is 14.6 Å². The maximum atomic E-state index is 12.1. The van der Waals surface area contributed by atoms with E-state index in [-0.39, 0.29) is 18.9 Å². The number of esters is 1. The zero-order valence-electron chi connectivity index (χ0n) is 36.3. The average Bonchev–Trinajstić information content (AvgIpc) is 3.56. The van der Waals surface area contributed by atoms with Gasteiger partial charge in [0.1, 0.15) is 6.79 Å². The molecule has 0 bridgehead atoms. The van der Waals surface area contributed by atoms with Gasteiger partial charge >= 0.3 is 5.97 Å². The first-order valence-corrected chi connectivity index (χ1v) is 23.7. The lowest BCUT2D eigenvalue weighted by Crippen LogP contribution is -2.43. The second-order valence-corrected chi connectivity index (χ2v) is 16.4. The van der Waals surface area contributed by atoms with Crippen LogP contribution in [0.1, 0.15) is 259 Å². The topological polar surface area (TPSA) is 59.0 Å². The maximum Gasteiger partial charge on any atom is 0.305 e. The number of likely N-dealkylation sites (tertiary alicyclic amines) is 1. The lowest BCUT2D eigenvalue weighted by atomic mass is 9.84. The summed E-state index contributed by atoms with van der Waals surface area (Å²) in [6, 6.07) is 0. The molecule has 1 N–H and O–H groups in total. The van der Waals surface area contributed by atoms with Crippen molar-refractivity contribution >= 4 is 5.97 Å². The number of hydrogen-bond donors (Lipinski definition) is 1. The van der Waals surface area contributed by atoms with E-state index in [1.165, 1.54) is 206 Å². The standard InChI is InChI=1S/C29H57NO2.C18H38O2/c1-4-7-9-11-12-13-14-16-20-27-32-28(31)22-17-19-24-29(23-18-15-10-8-5-2)25-21-26-30(29)6-3;1-3-5-7-9-11-13-15-18(20-17-19)16-14-12-10-8-6-4-2/h4-27H2,1-3H3;18-19H,3-17H2,1-2H3. The molecule has 0 saturated carbocycles. The Labute approximate surface area is 326 Å². The number of rotatable bonds is 38. The average molecular weight is 738 g/mol. The number of carbonyl (C=O) groups excluding carboxylic acids is 1. The van der Waals surface area contributed by atoms with Gasteiger partial charge in [-0.2, -0.15) is 0 Å². The first kappa shape index (κ1) is 51.4. The van der Waals surface area contributed by atoms with Gasteiger partial charge in [0.15, 0.2) is 0 Å². The fraction of sp³-hybridized carbons (Fsp3) is 0.979. The fourth-order valence-corrected chi connectivity index (χ4v) is 8.35. The third-order valence-electron chi connectivity index (χ3n) is 11.7. The van der Waals surface area contributed by atoms with E-state index in [0.29, 0.717) is 18.6 Å². The molecule has 1 aliphatic heterocycles. The van der Waals surface area contributed by atoms with Gasteiger partial charge in [0, 0.05) is 12.0 Å². The van der Waals surface area contributed by atoms with Crippen LogP contribution in [0, 0.1) is 0 Å². The molecule has 0 aliphatic carbocycles. The predicted molar refractivity (Wildman–Crippen MR) is 227 cm³/mol. The van der Waals surface area contributed by atoms with Gasteiger partial charge in [-0.3, -0.25) is 9.69 Å². The van der Waals surface area contributed by atoms with Crippen LogP contribution in [0.5, 0.6) is 0 Å². The number of unbranched alkanes of at least 4 members (excludes halogenated alkanes) is 23. The van der Waals surface area contributed by atoms with Crippen molar-refractivity contribution in [2.45, 2.75) is 271 Å². The van der Waals surface area contributed by atoms with Gasteiger partial charge in [0.2, 0.25) is 0 Å².